The predicted octanol–water partition coefficient (Wildman–Crippen LogP) is 5.15. The molecule has 2 aromatic carbocycles. The van der Waals surface area contributed by atoms with Crippen LogP contribution in [-0.2, 0) is 6.54 Å². The molecule has 6 heteroatoms. The first-order valence-corrected chi connectivity index (χ1v) is 9.38. The second-order valence-corrected chi connectivity index (χ2v) is 6.64. The number of halogens is 1. The van der Waals surface area contributed by atoms with Gasteiger partial charge in [0.1, 0.15) is 11.4 Å². The van der Waals surface area contributed by atoms with Gasteiger partial charge in [-0.05, 0) is 42.8 Å². The van der Waals surface area contributed by atoms with Gasteiger partial charge in [0.05, 0.1) is 24.7 Å². The van der Waals surface area contributed by atoms with Gasteiger partial charge < -0.3 is 15.0 Å². The molecule has 3 rings (SSSR count). The summed E-state index contributed by atoms with van der Waals surface area (Å²) < 4.78 is 5.33. The molecule has 1 N–H and O–H groups in total. The maximum absolute atomic E-state index is 12.8. The SMILES string of the molecule is CCN(Cc1ccccc1)C(=O)c1ccc(Nc2cc(Cl)ccc2OC)cn1. The summed E-state index contributed by atoms with van der Waals surface area (Å²) in [6.07, 6.45) is 1.63. The molecular weight excluding hydrogens is 374 g/mol. The van der Waals surface area contributed by atoms with Crippen LogP contribution < -0.4 is 10.1 Å². The summed E-state index contributed by atoms with van der Waals surface area (Å²) in [6.45, 7) is 3.12. The normalized spacial score (nSPS) is 10.4. The van der Waals surface area contributed by atoms with E-state index < -0.39 is 0 Å². The summed E-state index contributed by atoms with van der Waals surface area (Å²) in [5.74, 6) is 0.572. The van der Waals surface area contributed by atoms with Gasteiger partial charge in [-0.3, -0.25) is 4.79 Å². The minimum atomic E-state index is -0.0989. The maximum Gasteiger partial charge on any atom is 0.272 e. The number of anilines is 2. The van der Waals surface area contributed by atoms with E-state index in [2.05, 4.69) is 10.3 Å². The van der Waals surface area contributed by atoms with Gasteiger partial charge in [0.15, 0.2) is 0 Å². The topological polar surface area (TPSA) is 54.5 Å². The highest BCUT2D eigenvalue weighted by molar-refractivity contribution is 6.31. The van der Waals surface area contributed by atoms with Crippen molar-refractivity contribution in [2.75, 3.05) is 19.0 Å². The van der Waals surface area contributed by atoms with E-state index in [1.54, 1.807) is 42.5 Å². The Morgan fingerprint density at radius 3 is 2.57 bits per heavy atom. The van der Waals surface area contributed by atoms with Crippen LogP contribution in [0.1, 0.15) is 23.0 Å². The molecule has 1 aromatic heterocycles. The average Bonchev–Trinajstić information content (AvgIpc) is 2.73. The van der Waals surface area contributed by atoms with Crippen LogP contribution in [0.2, 0.25) is 5.02 Å². The largest absolute Gasteiger partial charge is 0.495 e. The first-order chi connectivity index (χ1) is 13.6. The number of hydrogen-bond acceptors (Lipinski definition) is 4. The summed E-state index contributed by atoms with van der Waals surface area (Å²) in [7, 11) is 1.60. The molecule has 0 fully saturated rings. The zero-order valence-electron chi connectivity index (χ0n) is 15.9. The number of aromatic nitrogens is 1. The van der Waals surface area contributed by atoms with Gasteiger partial charge >= 0.3 is 0 Å². The van der Waals surface area contributed by atoms with Crippen molar-refractivity contribution < 1.29 is 9.53 Å². The van der Waals surface area contributed by atoms with E-state index in [4.69, 9.17) is 16.3 Å². The fourth-order valence-electron chi connectivity index (χ4n) is 2.82. The Labute approximate surface area is 169 Å². The van der Waals surface area contributed by atoms with Crippen molar-refractivity contribution in [2.24, 2.45) is 0 Å². The smallest absolute Gasteiger partial charge is 0.272 e. The van der Waals surface area contributed by atoms with Gasteiger partial charge in [0.25, 0.3) is 5.91 Å². The highest BCUT2D eigenvalue weighted by Crippen LogP contribution is 2.30. The second kappa shape index (κ2) is 9.24. The highest BCUT2D eigenvalue weighted by Gasteiger charge is 2.16. The summed E-state index contributed by atoms with van der Waals surface area (Å²) >= 11 is 6.06. The number of ether oxygens (including phenoxy) is 1. The molecule has 0 spiro atoms. The molecule has 28 heavy (non-hydrogen) atoms. The quantitative estimate of drug-likeness (QED) is 0.601. The van der Waals surface area contributed by atoms with Crippen molar-refractivity contribution in [1.29, 1.82) is 0 Å². The molecule has 144 valence electrons. The lowest BCUT2D eigenvalue weighted by atomic mass is 10.2. The molecule has 0 aliphatic carbocycles. The molecule has 0 bridgehead atoms. The van der Waals surface area contributed by atoms with E-state index in [1.165, 1.54) is 0 Å². The van der Waals surface area contributed by atoms with E-state index in [9.17, 15) is 4.79 Å². The number of carbonyl (C=O) groups excluding carboxylic acids is 1. The van der Waals surface area contributed by atoms with Crippen molar-refractivity contribution in [3.63, 3.8) is 0 Å². The molecule has 0 aliphatic rings. The zero-order chi connectivity index (χ0) is 19.9. The molecule has 0 radical (unpaired) electrons. The molecule has 0 saturated heterocycles. The van der Waals surface area contributed by atoms with Crippen molar-refractivity contribution in [3.05, 3.63) is 83.1 Å². The predicted molar refractivity (Wildman–Crippen MR) is 112 cm³/mol. The lowest BCUT2D eigenvalue weighted by Crippen LogP contribution is -2.30. The fraction of sp³-hybridized carbons (Fsp3) is 0.182. The van der Waals surface area contributed by atoms with Crippen LogP contribution in [0.25, 0.3) is 0 Å². The molecule has 1 heterocycles. The van der Waals surface area contributed by atoms with Crippen LogP contribution in [0.15, 0.2) is 66.9 Å². The molecule has 1 amide bonds. The van der Waals surface area contributed by atoms with Crippen LogP contribution in [0.3, 0.4) is 0 Å². The number of nitrogens with one attached hydrogen (secondary N) is 1. The van der Waals surface area contributed by atoms with E-state index in [1.807, 2.05) is 43.3 Å². The van der Waals surface area contributed by atoms with Gasteiger partial charge in [-0.1, -0.05) is 41.9 Å². The number of pyridine rings is 1. The molecule has 0 aliphatic heterocycles. The Bertz CT molecular complexity index is 930. The van der Waals surface area contributed by atoms with Gasteiger partial charge in [0.2, 0.25) is 0 Å². The molecule has 5 nitrogen and oxygen atoms in total. The number of rotatable bonds is 7. The van der Waals surface area contributed by atoms with Crippen molar-refractivity contribution in [2.45, 2.75) is 13.5 Å². The van der Waals surface area contributed by atoms with E-state index in [0.29, 0.717) is 29.6 Å². The standard InChI is InChI=1S/C22H22ClN3O2/c1-3-26(15-16-7-5-4-6-8-16)22(27)19-11-10-18(14-24-19)25-20-13-17(23)9-12-21(20)28-2/h4-14,25H,3,15H2,1-2H3. The summed E-state index contributed by atoms with van der Waals surface area (Å²) in [5, 5.41) is 3.82. The third-order valence-electron chi connectivity index (χ3n) is 4.31. The van der Waals surface area contributed by atoms with Crippen LogP contribution in [-0.4, -0.2) is 29.4 Å². The average molecular weight is 396 g/mol. The summed E-state index contributed by atoms with van der Waals surface area (Å²) in [6, 6.07) is 18.8. The number of hydrogen-bond donors (Lipinski definition) is 1. The molecule has 0 saturated carbocycles. The fourth-order valence-corrected chi connectivity index (χ4v) is 2.99. The monoisotopic (exact) mass is 395 g/mol. The zero-order valence-corrected chi connectivity index (χ0v) is 16.6. The van der Waals surface area contributed by atoms with Gasteiger partial charge in [-0.2, -0.15) is 0 Å². The maximum atomic E-state index is 12.8. The van der Waals surface area contributed by atoms with Gasteiger partial charge in [-0.15, -0.1) is 0 Å². The first-order valence-electron chi connectivity index (χ1n) is 9.00. The lowest BCUT2D eigenvalue weighted by molar-refractivity contribution is 0.0746. The minimum Gasteiger partial charge on any atom is -0.495 e. The highest BCUT2D eigenvalue weighted by atomic mass is 35.5. The Morgan fingerprint density at radius 2 is 1.93 bits per heavy atom. The molecular formula is C22H22ClN3O2. The number of methoxy groups -OCH3 is 1. The first kappa shape index (κ1) is 19.7. The van der Waals surface area contributed by atoms with Gasteiger partial charge in [0, 0.05) is 18.1 Å². The van der Waals surface area contributed by atoms with Crippen LogP contribution >= 0.6 is 11.6 Å². The Hall–Kier alpha value is -3.05. The van der Waals surface area contributed by atoms with Crippen molar-refractivity contribution in [3.8, 4) is 5.75 Å². The van der Waals surface area contributed by atoms with E-state index >= 15 is 0 Å². The Kier molecular flexibility index (Phi) is 6.50. The number of carbonyl (C=O) groups is 1. The number of amides is 1. The van der Waals surface area contributed by atoms with Crippen molar-refractivity contribution in [1.82, 2.24) is 9.88 Å². The lowest BCUT2D eigenvalue weighted by Gasteiger charge is -2.20. The number of benzene rings is 2. The number of nitrogens with zero attached hydrogens (tertiary/aromatic N) is 2. The van der Waals surface area contributed by atoms with E-state index in [0.717, 1.165) is 16.9 Å². The third kappa shape index (κ3) is 4.81. The summed E-state index contributed by atoms with van der Waals surface area (Å²) in [4.78, 5) is 18.9. The third-order valence-corrected chi connectivity index (χ3v) is 4.54. The van der Waals surface area contributed by atoms with Crippen LogP contribution in [0.5, 0.6) is 5.75 Å². The second-order valence-electron chi connectivity index (χ2n) is 6.21. The van der Waals surface area contributed by atoms with Crippen LogP contribution in [0, 0.1) is 0 Å². The molecule has 3 aromatic rings. The Balaban J connectivity index is 1.72. The van der Waals surface area contributed by atoms with Crippen molar-refractivity contribution >= 4 is 28.9 Å². The van der Waals surface area contributed by atoms with Crippen LogP contribution in [0.4, 0.5) is 11.4 Å². The molecule has 0 atom stereocenters. The van der Waals surface area contributed by atoms with E-state index in [-0.39, 0.29) is 5.91 Å². The Morgan fingerprint density at radius 1 is 1.14 bits per heavy atom. The van der Waals surface area contributed by atoms with Gasteiger partial charge in [-0.25, -0.2) is 4.98 Å². The summed E-state index contributed by atoms with van der Waals surface area (Å²) in [5.41, 5.74) is 2.96. The molecule has 0 unspecified atom stereocenters. The minimum absolute atomic E-state index is 0.0989.